The quantitative estimate of drug-likeness (QED) is 0.532. The van der Waals surface area contributed by atoms with E-state index in [9.17, 15) is 19.6 Å². The molecule has 0 saturated heterocycles. The Kier molecular flexibility index (Phi) is 5.48. The number of carbonyl (C=O) groups is 2. The zero-order valence-electron chi connectivity index (χ0n) is 11.6. The summed E-state index contributed by atoms with van der Waals surface area (Å²) in [6.07, 6.45) is 0.384. The second kappa shape index (κ2) is 7.34. The van der Waals surface area contributed by atoms with Crippen LogP contribution >= 0.6 is 11.3 Å². The highest BCUT2D eigenvalue weighted by atomic mass is 32.1. The summed E-state index contributed by atoms with van der Waals surface area (Å²) < 4.78 is 0. The van der Waals surface area contributed by atoms with Crippen LogP contribution in [0.5, 0.6) is 0 Å². The number of ketones is 1. The first-order valence-electron chi connectivity index (χ1n) is 6.63. The van der Waals surface area contributed by atoms with Crippen molar-refractivity contribution in [3.63, 3.8) is 0 Å². The van der Waals surface area contributed by atoms with E-state index >= 15 is 0 Å². The fourth-order valence-corrected chi connectivity index (χ4v) is 2.85. The molecule has 4 N–H and O–H groups in total. The van der Waals surface area contributed by atoms with Crippen LogP contribution in [0.1, 0.15) is 27.5 Å². The number of hydrogen-bond donors (Lipinski definition) is 4. The first-order valence-corrected chi connectivity index (χ1v) is 7.51. The van der Waals surface area contributed by atoms with Crippen LogP contribution in [0.15, 0.2) is 23.6 Å². The normalized spacial score (nSPS) is 12.1. The summed E-state index contributed by atoms with van der Waals surface area (Å²) in [6.45, 7) is 0. The van der Waals surface area contributed by atoms with Gasteiger partial charge in [0.2, 0.25) is 0 Å². The lowest BCUT2D eigenvalue weighted by molar-refractivity contribution is -0.118. The molecule has 0 amide bonds. The highest BCUT2D eigenvalue weighted by Gasteiger charge is 2.27. The fourth-order valence-electron chi connectivity index (χ4n) is 2.11. The summed E-state index contributed by atoms with van der Waals surface area (Å²) in [6, 6.07) is 5.02. The molecule has 9 heteroatoms. The number of carboxylic acids is 1. The largest absolute Gasteiger partial charge is 0.476 e. The Morgan fingerprint density at radius 1 is 1.41 bits per heavy atom. The minimum Gasteiger partial charge on any atom is -0.476 e. The van der Waals surface area contributed by atoms with Gasteiger partial charge in [-0.3, -0.25) is 9.89 Å². The Morgan fingerprint density at radius 3 is 2.73 bits per heavy atom. The van der Waals surface area contributed by atoms with E-state index in [0.717, 1.165) is 4.88 Å². The maximum Gasteiger partial charge on any atom is 0.455 e. The van der Waals surface area contributed by atoms with Crippen molar-refractivity contribution in [2.45, 2.75) is 25.1 Å². The Morgan fingerprint density at radius 2 is 2.18 bits per heavy atom. The lowest BCUT2D eigenvalue weighted by atomic mass is 9.67. The van der Waals surface area contributed by atoms with Crippen molar-refractivity contribution in [1.82, 2.24) is 10.2 Å². The van der Waals surface area contributed by atoms with Gasteiger partial charge in [0.05, 0.1) is 0 Å². The van der Waals surface area contributed by atoms with Gasteiger partial charge >= 0.3 is 13.1 Å². The molecule has 0 bridgehead atoms. The molecule has 0 spiro atoms. The van der Waals surface area contributed by atoms with Crippen molar-refractivity contribution < 1.29 is 24.7 Å². The predicted octanol–water partition coefficient (Wildman–Crippen LogP) is 0.757. The summed E-state index contributed by atoms with van der Waals surface area (Å²) in [7, 11) is -1.66. The highest BCUT2D eigenvalue weighted by molar-refractivity contribution is 7.10. The lowest BCUT2D eigenvalue weighted by Crippen LogP contribution is -2.25. The molecule has 116 valence electrons. The van der Waals surface area contributed by atoms with Gasteiger partial charge in [0.25, 0.3) is 0 Å². The Balaban J connectivity index is 1.97. The van der Waals surface area contributed by atoms with E-state index in [1.807, 2.05) is 17.5 Å². The first kappa shape index (κ1) is 16.4. The predicted molar refractivity (Wildman–Crippen MR) is 80.8 cm³/mol. The van der Waals surface area contributed by atoms with Gasteiger partial charge < -0.3 is 15.2 Å². The van der Waals surface area contributed by atoms with Crippen LogP contribution < -0.4 is 0 Å². The SMILES string of the molecule is O=C(Cc1cccs1)C[C@@H](Cc1cc(C(=O)O)n[nH]1)B(O)O. The first-order chi connectivity index (χ1) is 10.5. The van der Waals surface area contributed by atoms with Crippen molar-refractivity contribution >= 4 is 30.2 Å². The molecule has 1 atom stereocenters. The van der Waals surface area contributed by atoms with Gasteiger partial charge in [-0.1, -0.05) is 6.07 Å². The number of nitrogens with zero attached hydrogens (tertiary/aromatic N) is 1. The zero-order chi connectivity index (χ0) is 16.1. The van der Waals surface area contributed by atoms with Gasteiger partial charge in [0.1, 0.15) is 5.78 Å². The lowest BCUT2D eigenvalue weighted by Gasteiger charge is -2.13. The van der Waals surface area contributed by atoms with E-state index in [4.69, 9.17) is 5.11 Å². The van der Waals surface area contributed by atoms with Gasteiger partial charge in [-0.2, -0.15) is 5.10 Å². The third-order valence-corrected chi connectivity index (χ3v) is 4.07. The van der Waals surface area contributed by atoms with Crippen LogP contribution in [0.3, 0.4) is 0 Å². The van der Waals surface area contributed by atoms with Crippen molar-refractivity contribution in [3.8, 4) is 0 Å². The fraction of sp³-hybridized carbons (Fsp3) is 0.308. The number of Topliss-reactive ketones (excluding diaryl/α,β-unsaturated/α-hetero) is 1. The van der Waals surface area contributed by atoms with Crippen molar-refractivity contribution in [1.29, 1.82) is 0 Å². The number of aromatic amines is 1. The van der Waals surface area contributed by atoms with Gasteiger partial charge in [0, 0.05) is 29.2 Å². The molecule has 0 aliphatic carbocycles. The van der Waals surface area contributed by atoms with E-state index in [1.54, 1.807) is 0 Å². The van der Waals surface area contributed by atoms with Crippen molar-refractivity contribution in [2.24, 2.45) is 0 Å². The molecule has 2 aromatic heterocycles. The molecule has 2 aromatic rings. The number of carboxylic acid groups (broad SMARTS) is 1. The molecule has 0 aromatic carbocycles. The molecule has 0 radical (unpaired) electrons. The number of H-pyrrole nitrogens is 1. The van der Waals surface area contributed by atoms with Crippen LogP contribution in [-0.2, 0) is 17.6 Å². The van der Waals surface area contributed by atoms with Crippen LogP contribution in [0.25, 0.3) is 0 Å². The van der Waals surface area contributed by atoms with Crippen LogP contribution in [-0.4, -0.2) is 44.2 Å². The number of aromatic carboxylic acids is 1. The molecule has 2 heterocycles. The van der Waals surface area contributed by atoms with E-state index in [0.29, 0.717) is 5.69 Å². The van der Waals surface area contributed by atoms with Gasteiger partial charge in [0.15, 0.2) is 5.69 Å². The molecule has 0 aliphatic heterocycles. The maximum absolute atomic E-state index is 12.0. The van der Waals surface area contributed by atoms with Gasteiger partial charge in [-0.15, -0.1) is 11.3 Å². The second-order valence-corrected chi connectivity index (χ2v) is 5.99. The van der Waals surface area contributed by atoms with E-state index < -0.39 is 18.9 Å². The molecule has 22 heavy (non-hydrogen) atoms. The Hall–Kier alpha value is -1.97. The third-order valence-electron chi connectivity index (χ3n) is 3.20. The molecular weight excluding hydrogens is 307 g/mol. The summed E-state index contributed by atoms with van der Waals surface area (Å²) in [4.78, 5) is 23.7. The van der Waals surface area contributed by atoms with E-state index in [1.165, 1.54) is 17.4 Å². The smallest absolute Gasteiger partial charge is 0.455 e. The topological polar surface area (TPSA) is 124 Å². The second-order valence-electron chi connectivity index (χ2n) is 4.96. The molecule has 0 aliphatic rings. The average Bonchev–Trinajstić information content (AvgIpc) is 3.09. The third kappa shape index (κ3) is 4.52. The van der Waals surface area contributed by atoms with Crippen LogP contribution in [0.2, 0.25) is 5.82 Å². The molecule has 0 saturated carbocycles. The minimum absolute atomic E-state index is 0.00298. The zero-order valence-corrected chi connectivity index (χ0v) is 12.4. The highest BCUT2D eigenvalue weighted by Crippen LogP contribution is 2.21. The van der Waals surface area contributed by atoms with Crippen LogP contribution in [0.4, 0.5) is 0 Å². The number of aromatic nitrogens is 2. The van der Waals surface area contributed by atoms with Gasteiger partial charge in [-0.25, -0.2) is 4.79 Å². The molecule has 0 unspecified atom stereocenters. The average molecular weight is 322 g/mol. The molecule has 2 rings (SSSR count). The van der Waals surface area contributed by atoms with Crippen molar-refractivity contribution in [3.05, 3.63) is 39.8 Å². The molecule has 7 nitrogen and oxygen atoms in total. The maximum atomic E-state index is 12.0. The number of thiophene rings is 1. The Bertz CT molecular complexity index is 641. The Labute approximate surface area is 130 Å². The monoisotopic (exact) mass is 322 g/mol. The number of rotatable bonds is 8. The molecular formula is C13H15BN2O5S. The van der Waals surface area contributed by atoms with E-state index in [-0.39, 0.29) is 30.7 Å². The van der Waals surface area contributed by atoms with Gasteiger partial charge in [-0.05, 0) is 23.9 Å². The minimum atomic E-state index is -1.66. The molecule has 0 fully saturated rings. The van der Waals surface area contributed by atoms with E-state index in [2.05, 4.69) is 10.2 Å². The summed E-state index contributed by atoms with van der Waals surface area (Å²) >= 11 is 1.47. The summed E-state index contributed by atoms with van der Waals surface area (Å²) in [5.41, 5.74) is 0.297. The van der Waals surface area contributed by atoms with Crippen LogP contribution in [0, 0.1) is 0 Å². The standard InChI is InChI=1S/C13H15BN2O5S/c17-10(7-11-2-1-3-22-11)5-8(14(20)21)4-9-6-12(13(18)19)16-15-9/h1-3,6,8,20-21H,4-5,7H2,(H,15,16)(H,18,19)/t8-/m1/s1. The number of hydrogen-bond acceptors (Lipinski definition) is 6. The summed E-state index contributed by atoms with van der Waals surface area (Å²) in [5, 5.41) is 35.6. The number of carbonyl (C=O) groups excluding carboxylic acids is 1. The number of nitrogens with one attached hydrogen (secondary N) is 1. The summed E-state index contributed by atoms with van der Waals surface area (Å²) in [5.74, 6) is -1.98. The van der Waals surface area contributed by atoms with Crippen molar-refractivity contribution in [2.75, 3.05) is 0 Å².